The topological polar surface area (TPSA) is 68.1 Å². The maximum Gasteiger partial charge on any atom is 0.433 e. The first-order chi connectivity index (χ1) is 9.38. The number of halogens is 3. The molecule has 5 nitrogen and oxygen atoms in total. The van der Waals surface area contributed by atoms with Crippen LogP contribution < -0.4 is 5.32 Å². The van der Waals surface area contributed by atoms with Gasteiger partial charge in [0.2, 0.25) is 0 Å². The van der Waals surface area contributed by atoms with E-state index in [1.807, 2.05) is 0 Å². The van der Waals surface area contributed by atoms with Crippen LogP contribution >= 0.6 is 11.8 Å². The molecule has 1 fully saturated rings. The first-order valence-electron chi connectivity index (χ1n) is 5.91. The lowest BCUT2D eigenvalue weighted by molar-refractivity contribution is -0.384. The molecule has 9 heteroatoms. The molecular weight excluding hydrogens is 295 g/mol. The predicted octanol–water partition coefficient (Wildman–Crippen LogP) is 3.17. The van der Waals surface area contributed by atoms with Crippen molar-refractivity contribution < 1.29 is 18.1 Å². The lowest BCUT2D eigenvalue weighted by Gasteiger charge is -2.13. The zero-order chi connectivity index (χ0) is 14.8. The van der Waals surface area contributed by atoms with Crippen molar-refractivity contribution in [1.82, 2.24) is 4.98 Å². The van der Waals surface area contributed by atoms with E-state index in [9.17, 15) is 23.3 Å². The van der Waals surface area contributed by atoms with Crippen LogP contribution in [0, 0.1) is 16.0 Å². The molecular formula is C11H12F3N3O2S. The second-order valence-corrected chi connectivity index (χ2v) is 5.60. The molecule has 0 radical (unpaired) electrons. The van der Waals surface area contributed by atoms with Crippen molar-refractivity contribution in [2.45, 2.75) is 12.6 Å². The number of hydrogen-bond acceptors (Lipinski definition) is 5. The SMILES string of the molecule is O=[N+]([O-])c1cnc(C(F)(F)F)cc1NCC1CCSC1. The summed E-state index contributed by atoms with van der Waals surface area (Å²) < 4.78 is 37.7. The Bertz CT molecular complexity index is 504. The second kappa shape index (κ2) is 5.86. The first-order valence-corrected chi connectivity index (χ1v) is 7.06. The fourth-order valence-corrected chi connectivity index (χ4v) is 3.17. The van der Waals surface area contributed by atoms with Crippen molar-refractivity contribution in [1.29, 1.82) is 0 Å². The summed E-state index contributed by atoms with van der Waals surface area (Å²) in [6, 6.07) is 0.695. The van der Waals surface area contributed by atoms with Crippen LogP contribution in [-0.2, 0) is 6.18 Å². The van der Waals surface area contributed by atoms with E-state index >= 15 is 0 Å². The highest BCUT2D eigenvalue weighted by molar-refractivity contribution is 7.99. The third kappa shape index (κ3) is 3.53. The van der Waals surface area contributed by atoms with Gasteiger partial charge in [0.15, 0.2) is 0 Å². The van der Waals surface area contributed by atoms with Gasteiger partial charge in [-0.1, -0.05) is 0 Å². The summed E-state index contributed by atoms with van der Waals surface area (Å²) in [5, 5.41) is 13.6. The van der Waals surface area contributed by atoms with Crippen LogP contribution in [0.5, 0.6) is 0 Å². The number of anilines is 1. The average Bonchev–Trinajstić information content (AvgIpc) is 2.87. The molecule has 20 heavy (non-hydrogen) atoms. The van der Waals surface area contributed by atoms with E-state index in [0.717, 1.165) is 17.9 Å². The van der Waals surface area contributed by atoms with Crippen LogP contribution in [0.15, 0.2) is 12.3 Å². The minimum absolute atomic E-state index is 0.130. The number of aromatic nitrogens is 1. The number of nitrogens with one attached hydrogen (secondary N) is 1. The van der Waals surface area contributed by atoms with Gasteiger partial charge in [0, 0.05) is 6.54 Å². The zero-order valence-electron chi connectivity index (χ0n) is 10.3. The molecule has 0 saturated carbocycles. The van der Waals surface area contributed by atoms with E-state index in [4.69, 9.17) is 0 Å². The minimum Gasteiger partial charge on any atom is -0.379 e. The molecule has 0 aliphatic carbocycles. The summed E-state index contributed by atoms with van der Waals surface area (Å²) >= 11 is 1.77. The lowest BCUT2D eigenvalue weighted by Crippen LogP contribution is -2.16. The molecule has 110 valence electrons. The van der Waals surface area contributed by atoms with Gasteiger partial charge in [0.05, 0.1) is 4.92 Å². The number of alkyl halides is 3. The fourth-order valence-electron chi connectivity index (χ4n) is 1.89. The van der Waals surface area contributed by atoms with Gasteiger partial charge in [-0.2, -0.15) is 24.9 Å². The third-order valence-electron chi connectivity index (χ3n) is 2.98. The summed E-state index contributed by atoms with van der Waals surface area (Å²) in [4.78, 5) is 13.2. The quantitative estimate of drug-likeness (QED) is 0.683. The monoisotopic (exact) mass is 307 g/mol. The fraction of sp³-hybridized carbons (Fsp3) is 0.545. The van der Waals surface area contributed by atoms with Gasteiger partial charge in [-0.3, -0.25) is 10.1 Å². The van der Waals surface area contributed by atoms with E-state index in [2.05, 4.69) is 10.3 Å². The van der Waals surface area contributed by atoms with Crippen LogP contribution in [0.1, 0.15) is 12.1 Å². The molecule has 0 spiro atoms. The maximum absolute atomic E-state index is 12.6. The molecule has 1 aliphatic heterocycles. The van der Waals surface area contributed by atoms with Crippen LogP contribution in [0.25, 0.3) is 0 Å². The predicted molar refractivity (Wildman–Crippen MR) is 69.8 cm³/mol. The van der Waals surface area contributed by atoms with Gasteiger partial charge in [-0.05, 0) is 29.9 Å². The Balaban J connectivity index is 2.20. The molecule has 0 bridgehead atoms. The highest BCUT2D eigenvalue weighted by Crippen LogP contribution is 2.33. The Hall–Kier alpha value is -1.51. The third-order valence-corrected chi connectivity index (χ3v) is 4.21. The number of rotatable bonds is 4. The van der Waals surface area contributed by atoms with Crippen LogP contribution in [-0.4, -0.2) is 28.0 Å². The van der Waals surface area contributed by atoms with Gasteiger partial charge in [0.25, 0.3) is 0 Å². The molecule has 0 aromatic carbocycles. The van der Waals surface area contributed by atoms with E-state index < -0.39 is 22.5 Å². The number of thioether (sulfide) groups is 1. The van der Waals surface area contributed by atoms with Gasteiger partial charge < -0.3 is 5.32 Å². The lowest BCUT2D eigenvalue weighted by atomic mass is 10.1. The van der Waals surface area contributed by atoms with Crippen LogP contribution in [0.4, 0.5) is 24.5 Å². The second-order valence-electron chi connectivity index (χ2n) is 4.45. The molecule has 2 rings (SSSR count). The van der Waals surface area contributed by atoms with Gasteiger partial charge in [-0.25, -0.2) is 4.98 Å². The summed E-state index contributed by atoms with van der Waals surface area (Å²) in [6.45, 7) is 0.426. The molecule has 0 amide bonds. The van der Waals surface area contributed by atoms with Crippen LogP contribution in [0.3, 0.4) is 0 Å². The standard InChI is InChI=1S/C11H12F3N3O2S/c12-11(13,14)10-3-8(9(5-16-10)17(18)19)15-4-7-1-2-20-6-7/h3,5,7H,1-2,4,6H2,(H,15,16). The van der Waals surface area contributed by atoms with Crippen molar-refractivity contribution in [3.8, 4) is 0 Å². The Labute approximate surface area is 117 Å². The first kappa shape index (κ1) is 14.9. The van der Waals surface area contributed by atoms with Crippen molar-refractivity contribution in [3.63, 3.8) is 0 Å². The molecule has 1 saturated heterocycles. The molecule has 1 atom stereocenters. The van der Waals surface area contributed by atoms with Gasteiger partial charge in [0.1, 0.15) is 17.6 Å². The summed E-state index contributed by atoms with van der Waals surface area (Å²) in [6.07, 6.45) is -3.01. The Morgan fingerprint density at radius 2 is 2.30 bits per heavy atom. The smallest absolute Gasteiger partial charge is 0.379 e. The zero-order valence-corrected chi connectivity index (χ0v) is 11.1. The summed E-state index contributed by atoms with van der Waals surface area (Å²) in [5.41, 5.74) is -1.70. The highest BCUT2D eigenvalue weighted by Gasteiger charge is 2.34. The minimum atomic E-state index is -4.62. The van der Waals surface area contributed by atoms with Gasteiger partial charge >= 0.3 is 11.9 Å². The molecule has 2 heterocycles. The van der Waals surface area contributed by atoms with Crippen molar-refractivity contribution in [2.75, 3.05) is 23.4 Å². The Morgan fingerprint density at radius 1 is 1.55 bits per heavy atom. The Morgan fingerprint density at radius 3 is 2.85 bits per heavy atom. The number of nitro groups is 1. The summed E-state index contributed by atoms with van der Waals surface area (Å²) in [7, 11) is 0. The van der Waals surface area contributed by atoms with Crippen molar-refractivity contribution >= 4 is 23.1 Å². The largest absolute Gasteiger partial charge is 0.433 e. The van der Waals surface area contributed by atoms with Crippen molar-refractivity contribution in [3.05, 3.63) is 28.1 Å². The average molecular weight is 307 g/mol. The number of nitrogens with zero attached hydrogens (tertiary/aromatic N) is 2. The highest BCUT2D eigenvalue weighted by atomic mass is 32.2. The van der Waals surface area contributed by atoms with Crippen molar-refractivity contribution in [2.24, 2.45) is 5.92 Å². The maximum atomic E-state index is 12.6. The number of pyridine rings is 1. The molecule has 1 aromatic rings. The molecule has 1 aromatic heterocycles. The molecule has 1 unspecified atom stereocenters. The van der Waals surface area contributed by atoms with E-state index in [-0.39, 0.29) is 5.69 Å². The van der Waals surface area contributed by atoms with E-state index in [1.165, 1.54) is 0 Å². The van der Waals surface area contributed by atoms with E-state index in [1.54, 1.807) is 11.8 Å². The normalized spacial score (nSPS) is 19.1. The van der Waals surface area contributed by atoms with Crippen LogP contribution in [0.2, 0.25) is 0 Å². The van der Waals surface area contributed by atoms with Gasteiger partial charge in [-0.15, -0.1) is 0 Å². The van der Waals surface area contributed by atoms with E-state index in [0.29, 0.717) is 24.7 Å². The molecule has 1 aliphatic rings. The Kier molecular flexibility index (Phi) is 4.36. The number of hydrogen-bond donors (Lipinski definition) is 1. The summed E-state index contributed by atoms with van der Waals surface area (Å²) in [5.74, 6) is 2.25. The molecule has 1 N–H and O–H groups in total.